The minimum atomic E-state index is -1.02. The number of hydrogen-bond donors (Lipinski definition) is 1. The van der Waals surface area contributed by atoms with E-state index in [4.69, 9.17) is 13.9 Å². The van der Waals surface area contributed by atoms with Gasteiger partial charge in [-0.1, -0.05) is 12.1 Å². The van der Waals surface area contributed by atoms with Gasteiger partial charge in [-0.05, 0) is 48.4 Å². The lowest BCUT2D eigenvalue weighted by molar-refractivity contribution is 0.0861. The van der Waals surface area contributed by atoms with Crippen molar-refractivity contribution in [2.24, 2.45) is 0 Å². The van der Waals surface area contributed by atoms with Gasteiger partial charge in [0.1, 0.15) is 18.5 Å². The summed E-state index contributed by atoms with van der Waals surface area (Å²) >= 11 is 0. The number of aliphatic hydroxyl groups is 1. The van der Waals surface area contributed by atoms with Crippen molar-refractivity contribution in [3.05, 3.63) is 77.1 Å². The number of hydrogen-bond acceptors (Lipinski definition) is 6. The highest BCUT2D eigenvalue weighted by Gasteiger charge is 2.15. The Kier molecular flexibility index (Phi) is 6.46. The second kappa shape index (κ2) is 9.20. The van der Waals surface area contributed by atoms with Crippen molar-refractivity contribution >= 4 is 0 Å². The average molecular weight is 400 g/mol. The number of allylic oxidation sites excluding steroid dienone is 1. The lowest BCUT2D eigenvalue weighted by Gasteiger charge is -2.14. The molecule has 0 spiro atoms. The largest absolute Gasteiger partial charge is 0.493 e. The third-order valence-corrected chi connectivity index (χ3v) is 4.12. The Bertz CT molecular complexity index is 1030. The van der Waals surface area contributed by atoms with Gasteiger partial charge in [0.05, 0.1) is 13.7 Å². The molecular weight excluding hydrogens is 379 g/mol. The molecule has 2 aromatic carbocycles. The van der Waals surface area contributed by atoms with E-state index in [2.05, 4.69) is 11.7 Å². The third-order valence-electron chi connectivity index (χ3n) is 4.12. The summed E-state index contributed by atoms with van der Waals surface area (Å²) in [6, 6.07) is 10.8. The molecule has 1 unspecified atom stereocenters. The molecule has 1 heterocycles. The highest BCUT2D eigenvalue weighted by Crippen LogP contribution is 2.28. The van der Waals surface area contributed by atoms with Crippen LogP contribution in [0.1, 0.15) is 5.56 Å². The maximum atomic E-state index is 13.0. The van der Waals surface area contributed by atoms with Gasteiger partial charge in [0, 0.05) is 5.56 Å². The summed E-state index contributed by atoms with van der Waals surface area (Å²) in [5.41, 5.74) is 1.48. The normalized spacial score (nSPS) is 11.8. The minimum absolute atomic E-state index is 0.0441. The van der Waals surface area contributed by atoms with Crippen LogP contribution in [0, 0.1) is 5.82 Å². The van der Waals surface area contributed by atoms with Gasteiger partial charge in [-0.3, -0.25) is 0 Å². The van der Waals surface area contributed by atoms with Gasteiger partial charge >= 0.3 is 5.76 Å². The molecule has 1 atom stereocenters. The standard InChI is InChI=1S/C21H21FN2O5/c1-3-4-14-5-10-18(19(11-14)27-2)28-13-17(25)12-24-21(26)29-20(23-24)15-6-8-16(22)9-7-15/h3,5-11,17,25H,1,4,12-13H2,2H3. The number of ether oxygens (including phenoxy) is 2. The van der Waals surface area contributed by atoms with E-state index in [1.165, 1.54) is 31.4 Å². The molecule has 0 fully saturated rings. The molecule has 7 nitrogen and oxygen atoms in total. The summed E-state index contributed by atoms with van der Waals surface area (Å²) in [5.74, 6) is -0.0824. The van der Waals surface area contributed by atoms with Crippen LogP contribution in [0.5, 0.6) is 11.5 Å². The Labute approximate surface area is 166 Å². The van der Waals surface area contributed by atoms with Crippen LogP contribution in [0.15, 0.2) is 64.3 Å². The van der Waals surface area contributed by atoms with Crippen LogP contribution in [0.25, 0.3) is 11.5 Å². The van der Waals surface area contributed by atoms with Crippen LogP contribution in [-0.4, -0.2) is 34.7 Å². The van der Waals surface area contributed by atoms with Gasteiger partial charge in [0.2, 0.25) is 5.89 Å². The Morgan fingerprint density at radius 1 is 1.28 bits per heavy atom. The molecular formula is C21H21FN2O5. The van der Waals surface area contributed by atoms with Crippen LogP contribution >= 0.6 is 0 Å². The average Bonchev–Trinajstić information content (AvgIpc) is 3.07. The predicted molar refractivity (Wildman–Crippen MR) is 105 cm³/mol. The summed E-state index contributed by atoms with van der Waals surface area (Å²) in [6.45, 7) is 3.50. The summed E-state index contributed by atoms with van der Waals surface area (Å²) < 4.78 is 30.0. The molecule has 8 heteroatoms. The van der Waals surface area contributed by atoms with E-state index in [1.807, 2.05) is 12.1 Å². The molecule has 3 rings (SSSR count). The van der Waals surface area contributed by atoms with Crippen molar-refractivity contribution in [2.75, 3.05) is 13.7 Å². The number of benzene rings is 2. The predicted octanol–water partition coefficient (Wildman–Crippen LogP) is 2.82. The molecule has 0 aliphatic carbocycles. The molecule has 0 bridgehead atoms. The number of aliphatic hydroxyl groups excluding tert-OH is 1. The summed E-state index contributed by atoms with van der Waals surface area (Å²) in [6.07, 6.45) is 1.47. The monoisotopic (exact) mass is 400 g/mol. The molecule has 0 saturated heterocycles. The lowest BCUT2D eigenvalue weighted by atomic mass is 10.1. The van der Waals surface area contributed by atoms with Crippen LogP contribution in [0.3, 0.4) is 0 Å². The first-order valence-corrected chi connectivity index (χ1v) is 8.92. The van der Waals surface area contributed by atoms with Gasteiger partial charge in [0.25, 0.3) is 0 Å². The van der Waals surface area contributed by atoms with Gasteiger partial charge in [-0.25, -0.2) is 9.18 Å². The van der Waals surface area contributed by atoms with E-state index in [9.17, 15) is 14.3 Å². The van der Waals surface area contributed by atoms with E-state index >= 15 is 0 Å². The Morgan fingerprint density at radius 2 is 2.03 bits per heavy atom. The third kappa shape index (κ3) is 5.11. The second-order valence-corrected chi connectivity index (χ2v) is 6.30. The van der Waals surface area contributed by atoms with E-state index in [0.717, 1.165) is 10.2 Å². The maximum absolute atomic E-state index is 13.0. The topological polar surface area (TPSA) is 86.7 Å². The molecule has 29 heavy (non-hydrogen) atoms. The first-order chi connectivity index (χ1) is 14.0. The van der Waals surface area contributed by atoms with Crippen LogP contribution in [-0.2, 0) is 13.0 Å². The SMILES string of the molecule is C=CCc1ccc(OCC(O)Cn2nc(-c3ccc(F)cc3)oc2=O)c(OC)c1. The number of aromatic nitrogens is 2. The molecule has 1 N–H and O–H groups in total. The van der Waals surface area contributed by atoms with E-state index < -0.39 is 17.7 Å². The summed E-state index contributed by atoms with van der Waals surface area (Å²) in [5, 5.41) is 14.3. The summed E-state index contributed by atoms with van der Waals surface area (Å²) in [7, 11) is 1.53. The fourth-order valence-corrected chi connectivity index (χ4v) is 2.69. The van der Waals surface area contributed by atoms with Crippen molar-refractivity contribution < 1.29 is 23.4 Å². The molecule has 3 aromatic rings. The van der Waals surface area contributed by atoms with Crippen molar-refractivity contribution in [1.29, 1.82) is 0 Å². The van der Waals surface area contributed by atoms with Gasteiger partial charge in [-0.15, -0.1) is 11.7 Å². The molecule has 0 amide bonds. The zero-order valence-corrected chi connectivity index (χ0v) is 15.9. The quantitative estimate of drug-likeness (QED) is 0.556. The Morgan fingerprint density at radius 3 is 2.72 bits per heavy atom. The van der Waals surface area contributed by atoms with E-state index in [-0.39, 0.29) is 19.0 Å². The first kappa shape index (κ1) is 20.3. The van der Waals surface area contributed by atoms with Gasteiger partial charge in [0.15, 0.2) is 11.5 Å². The first-order valence-electron chi connectivity index (χ1n) is 8.92. The highest BCUT2D eigenvalue weighted by atomic mass is 19.1. The highest BCUT2D eigenvalue weighted by molar-refractivity contribution is 5.51. The molecule has 0 aliphatic heterocycles. The van der Waals surface area contributed by atoms with E-state index in [0.29, 0.717) is 23.5 Å². The number of methoxy groups -OCH3 is 1. The fraction of sp³-hybridized carbons (Fsp3) is 0.238. The zero-order valence-electron chi connectivity index (χ0n) is 15.9. The lowest BCUT2D eigenvalue weighted by Crippen LogP contribution is -2.29. The minimum Gasteiger partial charge on any atom is -0.493 e. The second-order valence-electron chi connectivity index (χ2n) is 6.30. The molecule has 152 valence electrons. The van der Waals surface area contributed by atoms with Gasteiger partial charge < -0.3 is 19.0 Å². The molecule has 0 aliphatic rings. The Hall–Kier alpha value is -3.39. The van der Waals surface area contributed by atoms with Crippen LogP contribution in [0.4, 0.5) is 4.39 Å². The van der Waals surface area contributed by atoms with Crippen LogP contribution in [0.2, 0.25) is 0 Å². The summed E-state index contributed by atoms with van der Waals surface area (Å²) in [4.78, 5) is 12.0. The number of nitrogens with zero attached hydrogens (tertiary/aromatic N) is 2. The van der Waals surface area contributed by atoms with Crippen molar-refractivity contribution in [3.63, 3.8) is 0 Å². The smallest absolute Gasteiger partial charge is 0.437 e. The van der Waals surface area contributed by atoms with Gasteiger partial charge in [-0.2, -0.15) is 4.68 Å². The molecule has 1 aromatic heterocycles. The molecule has 0 saturated carbocycles. The van der Waals surface area contributed by atoms with Crippen LogP contribution < -0.4 is 15.2 Å². The number of halogens is 1. The van der Waals surface area contributed by atoms with Crippen molar-refractivity contribution in [3.8, 4) is 23.0 Å². The maximum Gasteiger partial charge on any atom is 0.437 e. The van der Waals surface area contributed by atoms with E-state index in [1.54, 1.807) is 12.1 Å². The Balaban J connectivity index is 1.64. The zero-order chi connectivity index (χ0) is 20.8. The van der Waals surface area contributed by atoms with Crippen molar-refractivity contribution in [2.45, 2.75) is 19.1 Å². The molecule has 0 radical (unpaired) electrons. The van der Waals surface area contributed by atoms with Crippen molar-refractivity contribution in [1.82, 2.24) is 9.78 Å². The fourth-order valence-electron chi connectivity index (χ4n) is 2.69. The number of rotatable bonds is 9.